The van der Waals surface area contributed by atoms with Crippen LogP contribution in [0.4, 0.5) is 0 Å². The van der Waals surface area contributed by atoms with Crippen molar-refractivity contribution in [1.82, 2.24) is 24.9 Å². The normalized spacial score (nSPS) is 14.6. The second-order valence-electron chi connectivity index (χ2n) is 7.30. The molecule has 150 valence electrons. The van der Waals surface area contributed by atoms with E-state index < -0.39 is 12.1 Å². The smallest absolute Gasteiger partial charge is 0.307 e. The van der Waals surface area contributed by atoms with Crippen molar-refractivity contribution in [2.75, 3.05) is 0 Å². The molecule has 0 spiro atoms. The molecule has 0 unspecified atom stereocenters. The maximum atomic E-state index is 12.6. The summed E-state index contributed by atoms with van der Waals surface area (Å²) in [6.45, 7) is 3.81. The Morgan fingerprint density at radius 1 is 1.24 bits per heavy atom. The molecule has 2 heterocycles. The number of ether oxygens (including phenoxy) is 1. The zero-order valence-electron chi connectivity index (χ0n) is 16.5. The minimum absolute atomic E-state index is 0.142. The van der Waals surface area contributed by atoms with E-state index in [1.54, 1.807) is 16.6 Å². The highest BCUT2D eigenvalue weighted by molar-refractivity contribution is 5.85. The van der Waals surface area contributed by atoms with Crippen LogP contribution in [0.5, 0.6) is 0 Å². The summed E-state index contributed by atoms with van der Waals surface area (Å²) >= 11 is 0. The number of rotatable bonds is 7. The quantitative estimate of drug-likeness (QED) is 0.618. The van der Waals surface area contributed by atoms with Gasteiger partial charge in [0.25, 0.3) is 11.7 Å². The lowest BCUT2D eigenvalue weighted by molar-refractivity contribution is -0.156. The van der Waals surface area contributed by atoms with Crippen LogP contribution in [0.15, 0.2) is 36.7 Å². The Hall–Kier alpha value is -3.29. The molecule has 8 nitrogen and oxygen atoms in total. The van der Waals surface area contributed by atoms with Crippen LogP contribution < -0.4 is 5.32 Å². The first-order valence-electron chi connectivity index (χ1n) is 9.73. The van der Waals surface area contributed by atoms with Gasteiger partial charge in [-0.05, 0) is 38.7 Å². The van der Waals surface area contributed by atoms with Gasteiger partial charge in [-0.25, -0.2) is 9.50 Å². The fraction of sp³-hybridized carbons (Fsp3) is 0.381. The lowest BCUT2D eigenvalue weighted by atomic mass is 10.1. The van der Waals surface area contributed by atoms with Crippen molar-refractivity contribution in [2.24, 2.45) is 0 Å². The molecule has 0 radical (unpaired) electrons. The summed E-state index contributed by atoms with van der Waals surface area (Å²) in [5.41, 5.74) is 3.29. The lowest BCUT2D eigenvalue weighted by Gasteiger charge is -2.18. The van der Waals surface area contributed by atoms with E-state index in [0.29, 0.717) is 17.8 Å². The second kappa shape index (κ2) is 7.98. The van der Waals surface area contributed by atoms with Gasteiger partial charge in [0.15, 0.2) is 0 Å². The van der Waals surface area contributed by atoms with Gasteiger partial charge in [0.1, 0.15) is 6.33 Å². The first kappa shape index (κ1) is 19.0. The number of hydrogen-bond donors (Lipinski definition) is 1. The molecular formula is C21H23N5O3. The zero-order chi connectivity index (χ0) is 20.4. The van der Waals surface area contributed by atoms with Crippen LogP contribution in [0.1, 0.15) is 47.9 Å². The lowest BCUT2D eigenvalue weighted by Crippen LogP contribution is -2.33. The fourth-order valence-electron chi connectivity index (χ4n) is 3.34. The minimum atomic E-state index is -0.942. The summed E-state index contributed by atoms with van der Waals surface area (Å²) in [7, 11) is 0. The van der Waals surface area contributed by atoms with Crippen LogP contribution >= 0.6 is 0 Å². The molecular weight excluding hydrogens is 370 g/mol. The van der Waals surface area contributed by atoms with E-state index in [2.05, 4.69) is 20.4 Å². The van der Waals surface area contributed by atoms with Crippen molar-refractivity contribution < 1.29 is 14.3 Å². The van der Waals surface area contributed by atoms with E-state index in [-0.39, 0.29) is 18.4 Å². The van der Waals surface area contributed by atoms with Crippen LogP contribution in [-0.4, -0.2) is 37.5 Å². The third-order valence-electron chi connectivity index (χ3n) is 5.08. The maximum Gasteiger partial charge on any atom is 0.307 e. The molecule has 1 N–H and O–H groups in total. The minimum Gasteiger partial charge on any atom is -0.447 e. The monoisotopic (exact) mass is 393 g/mol. The Kier molecular flexibility index (Phi) is 5.24. The van der Waals surface area contributed by atoms with Crippen LogP contribution in [0.25, 0.3) is 5.78 Å². The summed E-state index contributed by atoms with van der Waals surface area (Å²) in [6.07, 6.45) is 3.04. The number of nitrogens with zero attached hydrogens (tertiary/aromatic N) is 4. The summed E-state index contributed by atoms with van der Waals surface area (Å²) in [6, 6.07) is 9.29. The van der Waals surface area contributed by atoms with Gasteiger partial charge >= 0.3 is 5.97 Å². The number of hydrogen-bond acceptors (Lipinski definition) is 6. The number of aryl methyl sites for hydroxylation is 2. The third kappa shape index (κ3) is 4.26. The highest BCUT2D eigenvalue weighted by Crippen LogP contribution is 2.24. The Bertz CT molecular complexity index is 1040. The average molecular weight is 393 g/mol. The summed E-state index contributed by atoms with van der Waals surface area (Å²) in [5.74, 6) is -0.167. The Morgan fingerprint density at radius 2 is 2.00 bits per heavy atom. The topological polar surface area (TPSA) is 98.5 Å². The molecule has 1 fully saturated rings. The van der Waals surface area contributed by atoms with Crippen LogP contribution in [-0.2, 0) is 20.7 Å². The van der Waals surface area contributed by atoms with Gasteiger partial charge in [0.05, 0.1) is 0 Å². The number of carbonyl (C=O) groups is 2. The molecule has 8 heteroatoms. The third-order valence-corrected chi connectivity index (χ3v) is 5.08. The zero-order valence-corrected chi connectivity index (χ0v) is 16.5. The van der Waals surface area contributed by atoms with Crippen molar-refractivity contribution in [3.63, 3.8) is 0 Å². The molecule has 29 heavy (non-hydrogen) atoms. The molecule has 0 saturated heterocycles. The number of esters is 1. The van der Waals surface area contributed by atoms with Crippen molar-refractivity contribution in [3.05, 3.63) is 59.2 Å². The van der Waals surface area contributed by atoms with E-state index in [1.807, 2.05) is 32.0 Å². The predicted octanol–water partition coefficient (Wildman–Crippen LogP) is 2.24. The Morgan fingerprint density at radius 3 is 2.72 bits per heavy atom. The SMILES string of the molecule is Cc1nc2ncnn2c(C)c1CCC(=O)O[C@H](C(=O)NC1CC1)c1ccccc1. The fourth-order valence-corrected chi connectivity index (χ4v) is 3.34. The second-order valence-corrected chi connectivity index (χ2v) is 7.30. The highest BCUT2D eigenvalue weighted by atomic mass is 16.5. The number of fused-ring (bicyclic) bond motifs is 1. The van der Waals surface area contributed by atoms with Crippen LogP contribution in [0.3, 0.4) is 0 Å². The van der Waals surface area contributed by atoms with Gasteiger partial charge in [0, 0.05) is 29.4 Å². The van der Waals surface area contributed by atoms with Gasteiger partial charge in [-0.3, -0.25) is 9.59 Å². The number of benzene rings is 1. The number of carbonyl (C=O) groups excluding carboxylic acids is 2. The molecule has 1 atom stereocenters. The van der Waals surface area contributed by atoms with Crippen molar-refractivity contribution in [1.29, 1.82) is 0 Å². The van der Waals surface area contributed by atoms with E-state index in [9.17, 15) is 9.59 Å². The first-order valence-corrected chi connectivity index (χ1v) is 9.73. The van der Waals surface area contributed by atoms with Gasteiger partial charge in [-0.2, -0.15) is 10.1 Å². The Labute approximate surface area is 168 Å². The Balaban J connectivity index is 1.46. The van der Waals surface area contributed by atoms with E-state index in [4.69, 9.17) is 4.74 Å². The standard InChI is InChI=1S/C21H23N5O3/c1-13-17(14(2)26-21(24-13)22-12-23-26)10-11-18(27)29-19(15-6-4-3-5-7-15)20(28)25-16-8-9-16/h3-7,12,16,19H,8-11H2,1-2H3,(H,25,28)/t19-/m0/s1. The van der Waals surface area contributed by atoms with E-state index in [1.165, 1.54) is 6.33 Å². The van der Waals surface area contributed by atoms with Crippen LogP contribution in [0.2, 0.25) is 0 Å². The molecule has 1 aromatic carbocycles. The van der Waals surface area contributed by atoms with Crippen LogP contribution in [0, 0.1) is 13.8 Å². The number of amides is 1. The predicted molar refractivity (Wildman–Crippen MR) is 105 cm³/mol. The first-order chi connectivity index (χ1) is 14.0. The molecule has 0 aliphatic heterocycles. The molecule has 1 aliphatic rings. The van der Waals surface area contributed by atoms with Crippen molar-refractivity contribution >= 4 is 17.7 Å². The molecule has 3 aromatic rings. The summed E-state index contributed by atoms with van der Waals surface area (Å²) in [5, 5.41) is 7.09. The van der Waals surface area contributed by atoms with E-state index >= 15 is 0 Å². The molecule has 0 bridgehead atoms. The van der Waals surface area contributed by atoms with Gasteiger partial charge < -0.3 is 10.1 Å². The van der Waals surface area contributed by atoms with Crippen molar-refractivity contribution in [2.45, 2.75) is 51.7 Å². The van der Waals surface area contributed by atoms with Gasteiger partial charge in [0.2, 0.25) is 6.10 Å². The van der Waals surface area contributed by atoms with Gasteiger partial charge in [-0.1, -0.05) is 30.3 Å². The highest BCUT2D eigenvalue weighted by Gasteiger charge is 2.30. The largest absolute Gasteiger partial charge is 0.447 e. The summed E-state index contributed by atoms with van der Waals surface area (Å²) < 4.78 is 7.25. The maximum absolute atomic E-state index is 12.6. The molecule has 1 saturated carbocycles. The molecule has 1 amide bonds. The van der Waals surface area contributed by atoms with Crippen molar-refractivity contribution in [3.8, 4) is 0 Å². The van der Waals surface area contributed by atoms with E-state index in [0.717, 1.165) is 29.8 Å². The summed E-state index contributed by atoms with van der Waals surface area (Å²) in [4.78, 5) is 33.7. The molecule has 4 rings (SSSR count). The number of aromatic nitrogens is 4. The average Bonchev–Trinajstić information content (AvgIpc) is 3.40. The van der Waals surface area contributed by atoms with Gasteiger partial charge in [-0.15, -0.1) is 0 Å². The number of nitrogens with one attached hydrogen (secondary N) is 1. The molecule has 2 aromatic heterocycles. The molecule has 1 aliphatic carbocycles.